The zero-order valence-electron chi connectivity index (χ0n) is 10.6. The van der Waals surface area contributed by atoms with E-state index >= 15 is 0 Å². The molecule has 0 aliphatic carbocycles. The molecule has 1 aromatic heterocycles. The van der Waals surface area contributed by atoms with Crippen molar-refractivity contribution in [2.24, 2.45) is 0 Å². The summed E-state index contributed by atoms with van der Waals surface area (Å²) in [5.74, 6) is -0.193. The van der Waals surface area contributed by atoms with Crippen LogP contribution in [0.1, 0.15) is 22.7 Å². The number of nitrogens with zero attached hydrogens (tertiary/aromatic N) is 2. The van der Waals surface area contributed by atoms with Crippen LogP contribution in [-0.4, -0.2) is 50.2 Å². The molecule has 0 atom stereocenters. The summed E-state index contributed by atoms with van der Waals surface area (Å²) in [7, 11) is -1.66. The molecule has 0 unspecified atom stereocenters. The second kappa shape index (κ2) is 5.96. The van der Waals surface area contributed by atoms with Crippen LogP contribution >= 0.6 is 0 Å². The van der Waals surface area contributed by atoms with Crippen molar-refractivity contribution in [3.05, 3.63) is 17.5 Å². The molecule has 1 heterocycles. The van der Waals surface area contributed by atoms with Crippen LogP contribution in [-0.2, 0) is 10.0 Å². The van der Waals surface area contributed by atoms with E-state index in [1.165, 1.54) is 17.4 Å². The molecule has 0 aromatic carbocycles. The van der Waals surface area contributed by atoms with Crippen LogP contribution in [0.25, 0.3) is 0 Å². The predicted octanol–water partition coefficient (Wildman–Crippen LogP) is -0.00568. The van der Waals surface area contributed by atoms with E-state index < -0.39 is 10.0 Å². The highest BCUT2D eigenvalue weighted by molar-refractivity contribution is 7.88. The largest absolute Gasteiger partial charge is 0.351 e. The van der Waals surface area contributed by atoms with Crippen LogP contribution in [0.5, 0.6) is 0 Å². The lowest BCUT2D eigenvalue weighted by Gasteiger charge is -2.13. The van der Waals surface area contributed by atoms with Crippen LogP contribution < -0.4 is 5.32 Å². The summed E-state index contributed by atoms with van der Waals surface area (Å²) in [5.41, 5.74) is 0.636. The SMILES string of the molecule is Cc1cc(C(=O)NCCCN(C)S(C)(=O)=O)on1. The molecule has 1 rings (SSSR count). The van der Waals surface area contributed by atoms with Crippen molar-refractivity contribution in [3.63, 3.8) is 0 Å². The molecule has 0 radical (unpaired) electrons. The fraction of sp³-hybridized carbons (Fsp3) is 0.600. The fourth-order valence-electron chi connectivity index (χ4n) is 1.23. The van der Waals surface area contributed by atoms with Crippen molar-refractivity contribution in [1.29, 1.82) is 0 Å². The van der Waals surface area contributed by atoms with Crippen molar-refractivity contribution in [1.82, 2.24) is 14.8 Å². The van der Waals surface area contributed by atoms with Crippen molar-refractivity contribution in [3.8, 4) is 0 Å². The van der Waals surface area contributed by atoms with Gasteiger partial charge >= 0.3 is 0 Å². The Hall–Kier alpha value is -1.41. The van der Waals surface area contributed by atoms with E-state index in [0.717, 1.165) is 6.26 Å². The maximum Gasteiger partial charge on any atom is 0.289 e. The van der Waals surface area contributed by atoms with Crippen molar-refractivity contribution in [2.45, 2.75) is 13.3 Å². The lowest BCUT2D eigenvalue weighted by molar-refractivity contribution is 0.0916. The second-order valence-corrected chi connectivity index (χ2v) is 6.12. The zero-order chi connectivity index (χ0) is 13.8. The van der Waals surface area contributed by atoms with Crippen LogP contribution in [0.4, 0.5) is 0 Å². The topological polar surface area (TPSA) is 92.5 Å². The summed E-state index contributed by atoms with van der Waals surface area (Å²) in [6.45, 7) is 2.45. The van der Waals surface area contributed by atoms with Crippen molar-refractivity contribution < 1.29 is 17.7 Å². The van der Waals surface area contributed by atoms with Crippen molar-refractivity contribution >= 4 is 15.9 Å². The lowest BCUT2D eigenvalue weighted by Crippen LogP contribution is -2.30. The van der Waals surface area contributed by atoms with Gasteiger partial charge in [-0.05, 0) is 13.3 Å². The molecule has 7 nitrogen and oxygen atoms in total. The fourth-order valence-corrected chi connectivity index (χ4v) is 1.69. The average molecular weight is 275 g/mol. The summed E-state index contributed by atoms with van der Waals surface area (Å²) >= 11 is 0. The van der Waals surface area contributed by atoms with Crippen LogP contribution in [0.2, 0.25) is 0 Å². The van der Waals surface area contributed by atoms with E-state index in [-0.39, 0.29) is 11.7 Å². The molecule has 0 saturated heterocycles. The van der Waals surface area contributed by atoms with E-state index in [4.69, 9.17) is 4.52 Å². The van der Waals surface area contributed by atoms with E-state index in [9.17, 15) is 13.2 Å². The minimum absolute atomic E-state index is 0.156. The molecule has 1 N–H and O–H groups in total. The number of hydrogen-bond acceptors (Lipinski definition) is 5. The summed E-state index contributed by atoms with van der Waals surface area (Å²) in [6.07, 6.45) is 1.67. The number of hydrogen-bond donors (Lipinski definition) is 1. The zero-order valence-corrected chi connectivity index (χ0v) is 11.5. The Morgan fingerprint density at radius 3 is 2.72 bits per heavy atom. The van der Waals surface area contributed by atoms with Crippen LogP contribution in [0, 0.1) is 6.92 Å². The third kappa shape index (κ3) is 4.46. The Labute approximate surface area is 106 Å². The number of rotatable bonds is 6. The number of aryl methyl sites for hydroxylation is 1. The molecular weight excluding hydrogens is 258 g/mol. The first-order valence-corrected chi connectivity index (χ1v) is 7.28. The predicted molar refractivity (Wildman–Crippen MR) is 65.7 cm³/mol. The van der Waals surface area contributed by atoms with Crippen molar-refractivity contribution in [2.75, 3.05) is 26.4 Å². The molecule has 1 amide bonds. The number of sulfonamides is 1. The van der Waals surface area contributed by atoms with Gasteiger partial charge in [0.15, 0.2) is 0 Å². The normalized spacial score (nSPS) is 11.8. The Kier molecular flexibility index (Phi) is 4.85. The average Bonchev–Trinajstić information content (AvgIpc) is 2.69. The minimum Gasteiger partial charge on any atom is -0.351 e. The van der Waals surface area contributed by atoms with E-state index in [0.29, 0.717) is 25.2 Å². The number of amides is 1. The number of carbonyl (C=O) groups excluding carboxylic acids is 1. The van der Waals surface area contributed by atoms with Gasteiger partial charge < -0.3 is 9.84 Å². The minimum atomic E-state index is -3.16. The summed E-state index contributed by atoms with van der Waals surface area (Å²) in [6, 6.07) is 1.54. The van der Waals surface area contributed by atoms with Gasteiger partial charge in [-0.1, -0.05) is 5.16 Å². The summed E-state index contributed by atoms with van der Waals surface area (Å²) in [5, 5.41) is 6.23. The number of carbonyl (C=O) groups is 1. The van der Waals surface area contributed by atoms with Gasteiger partial charge in [0.05, 0.1) is 11.9 Å². The number of aromatic nitrogens is 1. The Balaban J connectivity index is 2.29. The molecule has 18 heavy (non-hydrogen) atoms. The molecule has 0 aliphatic heterocycles. The van der Waals surface area contributed by atoms with Gasteiger partial charge in [-0.15, -0.1) is 0 Å². The van der Waals surface area contributed by atoms with E-state index in [1.54, 1.807) is 6.92 Å². The van der Waals surface area contributed by atoms with Gasteiger partial charge in [0, 0.05) is 26.2 Å². The standard InChI is InChI=1S/C10H17N3O4S/c1-8-7-9(17-12-8)10(14)11-5-4-6-13(2)18(3,15)16/h7H,4-6H2,1-3H3,(H,11,14). The van der Waals surface area contributed by atoms with Gasteiger partial charge in [-0.25, -0.2) is 12.7 Å². The molecule has 0 saturated carbocycles. The molecule has 0 spiro atoms. The third-order valence-electron chi connectivity index (χ3n) is 2.35. The molecule has 8 heteroatoms. The quantitative estimate of drug-likeness (QED) is 0.737. The van der Waals surface area contributed by atoms with Gasteiger partial charge in [0.1, 0.15) is 0 Å². The Morgan fingerprint density at radius 2 is 2.22 bits per heavy atom. The Bertz CT molecular complexity index is 509. The lowest BCUT2D eigenvalue weighted by atomic mass is 10.3. The number of nitrogens with one attached hydrogen (secondary N) is 1. The van der Waals surface area contributed by atoms with Gasteiger partial charge in [-0.3, -0.25) is 4.79 Å². The monoisotopic (exact) mass is 275 g/mol. The summed E-state index contributed by atoms with van der Waals surface area (Å²) in [4.78, 5) is 11.5. The van der Waals surface area contributed by atoms with E-state index in [2.05, 4.69) is 10.5 Å². The Morgan fingerprint density at radius 1 is 1.56 bits per heavy atom. The third-order valence-corrected chi connectivity index (χ3v) is 3.67. The first-order valence-electron chi connectivity index (χ1n) is 5.43. The van der Waals surface area contributed by atoms with Gasteiger partial charge in [-0.2, -0.15) is 0 Å². The molecule has 0 fully saturated rings. The highest BCUT2D eigenvalue weighted by Crippen LogP contribution is 2.01. The highest BCUT2D eigenvalue weighted by atomic mass is 32.2. The van der Waals surface area contributed by atoms with E-state index in [1.807, 2.05) is 0 Å². The van der Waals surface area contributed by atoms with Crippen LogP contribution in [0.3, 0.4) is 0 Å². The second-order valence-electron chi connectivity index (χ2n) is 4.03. The first-order chi connectivity index (χ1) is 8.30. The molecule has 0 aliphatic rings. The maximum atomic E-state index is 11.5. The molecule has 102 valence electrons. The first kappa shape index (κ1) is 14.7. The smallest absolute Gasteiger partial charge is 0.289 e. The summed E-state index contributed by atoms with van der Waals surface area (Å²) < 4.78 is 28.2. The van der Waals surface area contributed by atoms with Crippen LogP contribution in [0.15, 0.2) is 10.6 Å². The molecule has 0 bridgehead atoms. The molecule has 1 aromatic rings. The maximum absolute atomic E-state index is 11.5. The highest BCUT2D eigenvalue weighted by Gasteiger charge is 2.12. The van der Waals surface area contributed by atoms with Gasteiger partial charge in [0.25, 0.3) is 5.91 Å². The van der Waals surface area contributed by atoms with Gasteiger partial charge in [0.2, 0.25) is 15.8 Å². The molecular formula is C10H17N3O4S.